The van der Waals surface area contributed by atoms with Crippen LogP contribution in [0.25, 0.3) is 0 Å². The number of fused-ring (bicyclic) bond motifs is 1. The second-order valence-corrected chi connectivity index (χ2v) is 5.94. The Balaban J connectivity index is 1.73. The molecule has 0 spiro atoms. The molecule has 2 saturated heterocycles. The molecule has 0 aromatic carbocycles. The van der Waals surface area contributed by atoms with Crippen LogP contribution in [0.2, 0.25) is 0 Å². The van der Waals surface area contributed by atoms with E-state index in [9.17, 15) is 4.79 Å². The van der Waals surface area contributed by atoms with Crippen LogP contribution in [0, 0.1) is 6.92 Å². The third-order valence-corrected chi connectivity index (χ3v) is 4.81. The van der Waals surface area contributed by atoms with Gasteiger partial charge in [0.2, 0.25) is 0 Å². The third kappa shape index (κ3) is 2.37. The molecule has 0 radical (unpaired) electrons. The Morgan fingerprint density at radius 1 is 1.47 bits per heavy atom. The number of hydrogen-bond donors (Lipinski definition) is 0. The number of aryl methyl sites for hydroxylation is 1. The zero-order valence-corrected chi connectivity index (χ0v) is 12.0. The first-order chi connectivity index (χ1) is 9.16. The van der Waals surface area contributed by atoms with E-state index < -0.39 is 0 Å². The number of likely N-dealkylation sites (N-methyl/N-ethyl adjacent to an activating group) is 1. The Hall–Kier alpha value is -1.05. The number of hydrogen-bond acceptors (Lipinski definition) is 6. The van der Waals surface area contributed by atoms with Crippen LogP contribution in [-0.2, 0) is 4.74 Å². The number of nitrogens with zero attached hydrogens (tertiary/aromatic N) is 4. The Morgan fingerprint density at radius 2 is 2.32 bits per heavy atom. The molecule has 2 fully saturated rings. The van der Waals surface area contributed by atoms with Crippen LogP contribution in [0.15, 0.2) is 0 Å². The van der Waals surface area contributed by atoms with Gasteiger partial charge in [0.1, 0.15) is 4.88 Å². The van der Waals surface area contributed by atoms with Crippen molar-refractivity contribution in [2.24, 2.45) is 0 Å². The van der Waals surface area contributed by atoms with Crippen LogP contribution >= 0.6 is 11.5 Å². The lowest BCUT2D eigenvalue weighted by molar-refractivity contribution is -0.0893. The summed E-state index contributed by atoms with van der Waals surface area (Å²) in [6.45, 7) is 5.05. The number of piperidine rings is 1. The lowest BCUT2D eigenvalue weighted by Gasteiger charge is -2.45. The number of morpholine rings is 1. The molecule has 2 atom stereocenters. The maximum atomic E-state index is 12.5. The van der Waals surface area contributed by atoms with Crippen molar-refractivity contribution >= 4 is 17.4 Å². The van der Waals surface area contributed by atoms with E-state index in [1.807, 2.05) is 11.8 Å². The fourth-order valence-corrected chi connectivity index (χ4v) is 3.42. The van der Waals surface area contributed by atoms with Crippen LogP contribution in [0.3, 0.4) is 0 Å². The molecule has 1 amide bonds. The molecule has 1 aromatic heterocycles. The molecule has 0 bridgehead atoms. The van der Waals surface area contributed by atoms with Crippen molar-refractivity contribution in [2.75, 3.05) is 33.3 Å². The standard InChI is InChI=1S/C12H18N4O2S/c1-8-11(19-14-13-8)12(17)16-4-3-10-9(7-16)15(2)5-6-18-10/h9-10H,3-7H2,1-2H3/t9-,10+/m1/s1. The van der Waals surface area contributed by atoms with Gasteiger partial charge in [-0.05, 0) is 31.9 Å². The van der Waals surface area contributed by atoms with Crippen molar-refractivity contribution in [1.82, 2.24) is 19.4 Å². The van der Waals surface area contributed by atoms with Gasteiger partial charge in [-0.15, -0.1) is 5.10 Å². The van der Waals surface area contributed by atoms with E-state index in [1.165, 1.54) is 11.5 Å². The third-order valence-electron chi connectivity index (χ3n) is 4.00. The topological polar surface area (TPSA) is 58.6 Å². The van der Waals surface area contributed by atoms with E-state index in [0.29, 0.717) is 10.9 Å². The molecule has 3 rings (SSSR count). The molecule has 2 aliphatic heterocycles. The molecule has 104 valence electrons. The number of ether oxygens (including phenoxy) is 1. The van der Waals surface area contributed by atoms with Gasteiger partial charge < -0.3 is 9.64 Å². The van der Waals surface area contributed by atoms with Crippen molar-refractivity contribution in [1.29, 1.82) is 0 Å². The molecule has 19 heavy (non-hydrogen) atoms. The van der Waals surface area contributed by atoms with E-state index >= 15 is 0 Å². The van der Waals surface area contributed by atoms with Gasteiger partial charge >= 0.3 is 0 Å². The van der Waals surface area contributed by atoms with Crippen molar-refractivity contribution in [3.05, 3.63) is 10.6 Å². The largest absolute Gasteiger partial charge is 0.375 e. The summed E-state index contributed by atoms with van der Waals surface area (Å²) in [5.41, 5.74) is 0.727. The first-order valence-electron chi connectivity index (χ1n) is 6.57. The Bertz CT molecular complexity index is 478. The zero-order valence-electron chi connectivity index (χ0n) is 11.2. The Kier molecular flexibility index (Phi) is 3.51. The Labute approximate surface area is 116 Å². The van der Waals surface area contributed by atoms with Gasteiger partial charge in [0, 0.05) is 19.6 Å². The summed E-state index contributed by atoms with van der Waals surface area (Å²) in [6.07, 6.45) is 1.18. The smallest absolute Gasteiger partial charge is 0.267 e. The van der Waals surface area contributed by atoms with Crippen LogP contribution in [0.5, 0.6) is 0 Å². The van der Waals surface area contributed by atoms with Crippen molar-refractivity contribution in [3.8, 4) is 0 Å². The molecule has 0 aliphatic carbocycles. The highest BCUT2D eigenvalue weighted by Gasteiger charge is 2.37. The summed E-state index contributed by atoms with van der Waals surface area (Å²) < 4.78 is 9.64. The maximum Gasteiger partial charge on any atom is 0.267 e. The van der Waals surface area contributed by atoms with Gasteiger partial charge in [-0.2, -0.15) is 0 Å². The van der Waals surface area contributed by atoms with Gasteiger partial charge in [-0.1, -0.05) is 4.49 Å². The molecule has 6 nitrogen and oxygen atoms in total. The van der Waals surface area contributed by atoms with E-state index in [4.69, 9.17) is 4.74 Å². The van der Waals surface area contributed by atoms with Crippen LogP contribution in [-0.4, -0.2) is 70.7 Å². The summed E-state index contributed by atoms with van der Waals surface area (Å²) in [5.74, 6) is 0.0601. The minimum absolute atomic E-state index is 0.0601. The molecular formula is C12H18N4O2S. The van der Waals surface area contributed by atoms with E-state index in [-0.39, 0.29) is 12.0 Å². The zero-order chi connectivity index (χ0) is 13.4. The van der Waals surface area contributed by atoms with Gasteiger partial charge in [-0.25, -0.2) is 0 Å². The molecule has 0 unspecified atom stereocenters. The summed E-state index contributed by atoms with van der Waals surface area (Å²) in [7, 11) is 2.10. The predicted octanol–water partition coefficient (Wildman–Crippen LogP) is 0.392. The highest BCUT2D eigenvalue weighted by atomic mass is 32.1. The average Bonchev–Trinajstić information content (AvgIpc) is 2.84. The van der Waals surface area contributed by atoms with Gasteiger partial charge in [-0.3, -0.25) is 9.69 Å². The number of carbonyl (C=O) groups is 1. The van der Waals surface area contributed by atoms with Gasteiger partial charge in [0.05, 0.1) is 24.4 Å². The Morgan fingerprint density at radius 3 is 3.05 bits per heavy atom. The number of likely N-dealkylation sites (tertiary alicyclic amines) is 1. The van der Waals surface area contributed by atoms with Gasteiger partial charge in [0.25, 0.3) is 5.91 Å². The molecule has 7 heteroatoms. The van der Waals surface area contributed by atoms with Crippen LogP contribution < -0.4 is 0 Å². The van der Waals surface area contributed by atoms with E-state index in [0.717, 1.165) is 38.4 Å². The summed E-state index contributed by atoms with van der Waals surface area (Å²) in [6, 6.07) is 0.313. The fraction of sp³-hybridized carbons (Fsp3) is 0.750. The minimum Gasteiger partial charge on any atom is -0.375 e. The van der Waals surface area contributed by atoms with Crippen LogP contribution in [0.1, 0.15) is 21.8 Å². The summed E-state index contributed by atoms with van der Waals surface area (Å²) in [5, 5.41) is 3.91. The van der Waals surface area contributed by atoms with Crippen molar-refractivity contribution < 1.29 is 9.53 Å². The summed E-state index contributed by atoms with van der Waals surface area (Å²) in [4.78, 5) is 17.3. The highest BCUT2D eigenvalue weighted by molar-refractivity contribution is 7.07. The lowest BCUT2D eigenvalue weighted by Crippen LogP contribution is -2.59. The lowest BCUT2D eigenvalue weighted by atomic mass is 9.99. The van der Waals surface area contributed by atoms with Crippen LogP contribution in [0.4, 0.5) is 0 Å². The monoisotopic (exact) mass is 282 g/mol. The molecule has 1 aromatic rings. The van der Waals surface area contributed by atoms with Crippen molar-refractivity contribution in [2.45, 2.75) is 25.5 Å². The SMILES string of the molecule is Cc1nnsc1C(=O)N1CC[C@@H]2OCCN(C)[C@@H]2C1. The van der Waals surface area contributed by atoms with Gasteiger partial charge in [0.15, 0.2) is 0 Å². The molecule has 3 heterocycles. The fourth-order valence-electron chi connectivity index (χ4n) is 2.80. The molecule has 2 aliphatic rings. The second kappa shape index (κ2) is 5.15. The number of rotatable bonds is 1. The first kappa shape index (κ1) is 13.0. The number of amides is 1. The molecule has 0 N–H and O–H groups in total. The number of aromatic nitrogens is 2. The highest BCUT2D eigenvalue weighted by Crippen LogP contribution is 2.24. The maximum absolute atomic E-state index is 12.5. The molecular weight excluding hydrogens is 264 g/mol. The number of carbonyl (C=O) groups excluding carboxylic acids is 1. The average molecular weight is 282 g/mol. The first-order valence-corrected chi connectivity index (χ1v) is 7.34. The van der Waals surface area contributed by atoms with Crippen molar-refractivity contribution in [3.63, 3.8) is 0 Å². The van der Waals surface area contributed by atoms with E-state index in [2.05, 4.69) is 21.5 Å². The quantitative estimate of drug-likeness (QED) is 0.746. The minimum atomic E-state index is 0.0601. The van der Waals surface area contributed by atoms with E-state index in [1.54, 1.807) is 0 Å². The second-order valence-electron chi connectivity index (χ2n) is 5.18. The summed E-state index contributed by atoms with van der Waals surface area (Å²) >= 11 is 1.18. The normalized spacial score (nSPS) is 28.2. The molecule has 0 saturated carbocycles. The predicted molar refractivity (Wildman–Crippen MR) is 71.3 cm³/mol.